The van der Waals surface area contributed by atoms with Crippen LogP contribution >= 0.6 is 0 Å². The smallest absolute Gasteiger partial charge is 0.0706 e. The second kappa shape index (κ2) is 9.19. The number of morpholine rings is 1. The van der Waals surface area contributed by atoms with Gasteiger partial charge in [0.25, 0.3) is 0 Å². The van der Waals surface area contributed by atoms with Gasteiger partial charge in [0, 0.05) is 19.6 Å². The lowest BCUT2D eigenvalue weighted by Crippen LogP contribution is -2.46. The van der Waals surface area contributed by atoms with Gasteiger partial charge in [-0.2, -0.15) is 0 Å². The van der Waals surface area contributed by atoms with Crippen LogP contribution in [-0.4, -0.2) is 36.7 Å². The first-order valence-electron chi connectivity index (χ1n) is 8.39. The maximum Gasteiger partial charge on any atom is 0.0706 e. The zero-order valence-corrected chi connectivity index (χ0v) is 13.3. The third-order valence-corrected chi connectivity index (χ3v) is 4.13. The predicted octanol–water partition coefficient (Wildman–Crippen LogP) is 3.19. The molecule has 3 nitrogen and oxygen atoms in total. The molecule has 3 heteroatoms. The Balaban J connectivity index is 1.74. The Kier molecular flexibility index (Phi) is 7.20. The number of nitrogens with zero attached hydrogens (tertiary/aromatic N) is 1. The average Bonchev–Trinajstić information content (AvgIpc) is 2.47. The quantitative estimate of drug-likeness (QED) is 0.747. The normalized spacial score (nSPS) is 23.3. The summed E-state index contributed by atoms with van der Waals surface area (Å²) in [5.74, 6) is 0. The maximum absolute atomic E-state index is 6.09. The fraction of sp³-hybridized carbons (Fsp3) is 0.667. The van der Waals surface area contributed by atoms with E-state index >= 15 is 0 Å². The van der Waals surface area contributed by atoms with Crippen LogP contribution in [0.1, 0.15) is 44.6 Å². The molecular formula is C18H30N2O. The van der Waals surface area contributed by atoms with Crippen LogP contribution in [0.25, 0.3) is 0 Å². The van der Waals surface area contributed by atoms with Crippen molar-refractivity contribution in [2.45, 2.75) is 57.8 Å². The first kappa shape index (κ1) is 16.5. The standard InChI is InChI=1S/C18H30N2O/c1-16-13-20(14-17-9-5-4-6-10-17)15-18(21-16)11-7-2-3-8-12-19/h4-6,9-10,16,18H,2-3,7-8,11-15,19H2,1H3/t16-,18+/m1/s1. The number of rotatable bonds is 8. The molecule has 118 valence electrons. The fourth-order valence-corrected chi connectivity index (χ4v) is 3.14. The van der Waals surface area contributed by atoms with Crippen LogP contribution in [0.3, 0.4) is 0 Å². The van der Waals surface area contributed by atoms with E-state index in [0.29, 0.717) is 12.2 Å². The van der Waals surface area contributed by atoms with Gasteiger partial charge in [0.15, 0.2) is 0 Å². The van der Waals surface area contributed by atoms with Gasteiger partial charge in [-0.05, 0) is 31.9 Å². The van der Waals surface area contributed by atoms with Gasteiger partial charge in [0.1, 0.15) is 0 Å². The Hall–Kier alpha value is -0.900. The van der Waals surface area contributed by atoms with E-state index in [4.69, 9.17) is 10.5 Å². The Morgan fingerprint density at radius 2 is 1.86 bits per heavy atom. The Bertz CT molecular complexity index is 382. The summed E-state index contributed by atoms with van der Waals surface area (Å²) in [5, 5.41) is 0. The molecule has 21 heavy (non-hydrogen) atoms. The summed E-state index contributed by atoms with van der Waals surface area (Å²) in [6, 6.07) is 10.7. The average molecular weight is 290 g/mol. The van der Waals surface area contributed by atoms with Crippen LogP contribution in [0, 0.1) is 0 Å². The van der Waals surface area contributed by atoms with E-state index in [1.165, 1.54) is 31.2 Å². The topological polar surface area (TPSA) is 38.5 Å². The third kappa shape index (κ3) is 6.16. The molecule has 2 rings (SSSR count). The number of ether oxygens (including phenoxy) is 1. The molecule has 1 heterocycles. The van der Waals surface area contributed by atoms with Crippen LogP contribution in [0.5, 0.6) is 0 Å². The third-order valence-electron chi connectivity index (χ3n) is 4.13. The van der Waals surface area contributed by atoms with Crippen molar-refractivity contribution in [1.29, 1.82) is 0 Å². The van der Waals surface area contributed by atoms with Crippen LogP contribution in [0.15, 0.2) is 30.3 Å². The van der Waals surface area contributed by atoms with Gasteiger partial charge in [-0.3, -0.25) is 4.90 Å². The molecule has 2 N–H and O–H groups in total. The van der Waals surface area contributed by atoms with Crippen molar-refractivity contribution < 1.29 is 4.74 Å². The molecule has 0 aliphatic carbocycles. The van der Waals surface area contributed by atoms with Gasteiger partial charge in [-0.1, -0.05) is 49.6 Å². The molecule has 0 unspecified atom stereocenters. The van der Waals surface area contributed by atoms with E-state index < -0.39 is 0 Å². The second-order valence-electron chi connectivity index (χ2n) is 6.24. The summed E-state index contributed by atoms with van der Waals surface area (Å²) in [6.07, 6.45) is 6.88. The van der Waals surface area contributed by atoms with Crippen molar-refractivity contribution in [2.24, 2.45) is 5.73 Å². The molecule has 0 radical (unpaired) electrons. The number of unbranched alkanes of at least 4 members (excludes halogenated alkanes) is 3. The molecule has 1 saturated heterocycles. The highest BCUT2D eigenvalue weighted by atomic mass is 16.5. The summed E-state index contributed by atoms with van der Waals surface area (Å²) < 4.78 is 6.09. The molecule has 1 aliphatic rings. The number of hydrogen-bond acceptors (Lipinski definition) is 3. The monoisotopic (exact) mass is 290 g/mol. The van der Waals surface area contributed by atoms with Crippen LogP contribution in [0.4, 0.5) is 0 Å². The molecule has 0 amide bonds. The number of hydrogen-bond donors (Lipinski definition) is 1. The Morgan fingerprint density at radius 1 is 1.10 bits per heavy atom. The van der Waals surface area contributed by atoms with E-state index in [2.05, 4.69) is 42.2 Å². The van der Waals surface area contributed by atoms with Crippen molar-refractivity contribution in [1.82, 2.24) is 4.90 Å². The van der Waals surface area contributed by atoms with Crippen molar-refractivity contribution in [3.05, 3.63) is 35.9 Å². The maximum atomic E-state index is 6.09. The fourth-order valence-electron chi connectivity index (χ4n) is 3.14. The van der Waals surface area contributed by atoms with Gasteiger partial charge in [-0.15, -0.1) is 0 Å². The summed E-state index contributed by atoms with van der Waals surface area (Å²) in [7, 11) is 0. The largest absolute Gasteiger partial charge is 0.373 e. The van der Waals surface area contributed by atoms with Crippen molar-refractivity contribution >= 4 is 0 Å². The van der Waals surface area contributed by atoms with Gasteiger partial charge in [0.2, 0.25) is 0 Å². The highest BCUT2D eigenvalue weighted by Gasteiger charge is 2.24. The minimum Gasteiger partial charge on any atom is -0.373 e. The van der Waals surface area contributed by atoms with E-state index in [0.717, 1.165) is 32.6 Å². The highest BCUT2D eigenvalue weighted by molar-refractivity contribution is 5.14. The van der Waals surface area contributed by atoms with Gasteiger partial charge in [-0.25, -0.2) is 0 Å². The SMILES string of the molecule is C[C@@H]1CN(Cc2ccccc2)C[C@H](CCCCCCN)O1. The summed E-state index contributed by atoms with van der Waals surface area (Å²) in [4.78, 5) is 2.54. The van der Waals surface area contributed by atoms with Crippen LogP contribution in [-0.2, 0) is 11.3 Å². The predicted molar refractivity (Wildman–Crippen MR) is 88.2 cm³/mol. The molecule has 1 fully saturated rings. The van der Waals surface area contributed by atoms with E-state index in [9.17, 15) is 0 Å². The van der Waals surface area contributed by atoms with E-state index in [1.54, 1.807) is 0 Å². The van der Waals surface area contributed by atoms with Gasteiger partial charge < -0.3 is 10.5 Å². The van der Waals surface area contributed by atoms with E-state index in [-0.39, 0.29) is 0 Å². The van der Waals surface area contributed by atoms with Crippen molar-refractivity contribution in [2.75, 3.05) is 19.6 Å². The van der Waals surface area contributed by atoms with Crippen LogP contribution in [0.2, 0.25) is 0 Å². The second-order valence-corrected chi connectivity index (χ2v) is 6.24. The Labute approximate surface area is 129 Å². The summed E-state index contributed by atoms with van der Waals surface area (Å²) >= 11 is 0. The van der Waals surface area contributed by atoms with Gasteiger partial charge in [0.05, 0.1) is 12.2 Å². The molecule has 0 aromatic heterocycles. The minimum absolute atomic E-state index is 0.344. The number of nitrogens with two attached hydrogens (primary N) is 1. The van der Waals surface area contributed by atoms with Crippen molar-refractivity contribution in [3.8, 4) is 0 Å². The Morgan fingerprint density at radius 3 is 2.62 bits per heavy atom. The first-order chi connectivity index (χ1) is 10.3. The highest BCUT2D eigenvalue weighted by Crippen LogP contribution is 2.18. The molecule has 0 bridgehead atoms. The summed E-state index contributed by atoms with van der Waals surface area (Å²) in [5.41, 5.74) is 6.93. The molecule has 1 aromatic rings. The molecular weight excluding hydrogens is 260 g/mol. The lowest BCUT2D eigenvalue weighted by molar-refractivity contribution is -0.0827. The molecule has 1 aromatic carbocycles. The van der Waals surface area contributed by atoms with E-state index in [1.807, 2.05) is 0 Å². The van der Waals surface area contributed by atoms with Crippen molar-refractivity contribution in [3.63, 3.8) is 0 Å². The lowest BCUT2D eigenvalue weighted by Gasteiger charge is -2.37. The number of benzene rings is 1. The summed E-state index contributed by atoms with van der Waals surface area (Å²) in [6.45, 7) is 6.16. The molecule has 0 saturated carbocycles. The molecule has 0 spiro atoms. The van der Waals surface area contributed by atoms with Crippen LogP contribution < -0.4 is 5.73 Å². The zero-order valence-electron chi connectivity index (χ0n) is 13.3. The molecule has 1 aliphatic heterocycles. The lowest BCUT2D eigenvalue weighted by atomic mass is 10.1. The first-order valence-corrected chi connectivity index (χ1v) is 8.39. The minimum atomic E-state index is 0.344. The molecule has 2 atom stereocenters. The van der Waals surface area contributed by atoms with Gasteiger partial charge >= 0.3 is 0 Å². The zero-order chi connectivity index (χ0) is 14.9.